The maximum Gasteiger partial charge on any atom is 0.147 e. The fourth-order valence-electron chi connectivity index (χ4n) is 1.83. The summed E-state index contributed by atoms with van der Waals surface area (Å²) in [7, 11) is -1.22. The second-order valence-corrected chi connectivity index (χ2v) is 7.36. The van der Waals surface area contributed by atoms with Gasteiger partial charge in [0.1, 0.15) is 15.7 Å². The van der Waals surface area contributed by atoms with Crippen molar-refractivity contribution in [2.75, 3.05) is 19.1 Å². The molecule has 0 aliphatic carbocycles. The Labute approximate surface area is 116 Å². The highest BCUT2D eigenvalue weighted by molar-refractivity contribution is 9.10. The van der Waals surface area contributed by atoms with Crippen LogP contribution < -0.4 is 5.32 Å². The van der Waals surface area contributed by atoms with Crippen LogP contribution in [0.25, 0.3) is 0 Å². The van der Waals surface area contributed by atoms with Crippen LogP contribution in [0.2, 0.25) is 0 Å². The van der Waals surface area contributed by atoms with Gasteiger partial charge in [0.05, 0.1) is 0 Å². The van der Waals surface area contributed by atoms with Gasteiger partial charge in [-0.15, -0.1) is 0 Å². The fraction of sp³-hybridized carbons (Fsp3) is 0.500. The molecule has 1 atom stereocenters. The minimum absolute atomic E-state index is 0.122. The first-order chi connectivity index (χ1) is 8.35. The third-order valence-electron chi connectivity index (χ3n) is 2.70. The first kappa shape index (κ1) is 15.6. The van der Waals surface area contributed by atoms with Crippen LogP contribution in [0.1, 0.15) is 24.4 Å². The van der Waals surface area contributed by atoms with Crippen LogP contribution >= 0.6 is 15.9 Å². The molecule has 0 aromatic heterocycles. The summed E-state index contributed by atoms with van der Waals surface area (Å²) in [5, 5.41) is 3.02. The number of rotatable bonds is 6. The van der Waals surface area contributed by atoms with Gasteiger partial charge in [-0.2, -0.15) is 0 Å². The summed E-state index contributed by atoms with van der Waals surface area (Å²) in [4.78, 5) is 0. The number of benzene rings is 1. The van der Waals surface area contributed by atoms with E-state index in [1.807, 2.05) is 0 Å². The van der Waals surface area contributed by atoms with Crippen molar-refractivity contribution in [3.8, 4) is 0 Å². The molecule has 0 heterocycles. The van der Waals surface area contributed by atoms with E-state index in [9.17, 15) is 12.8 Å². The van der Waals surface area contributed by atoms with E-state index in [1.54, 1.807) is 19.2 Å². The third kappa shape index (κ3) is 4.66. The molecule has 1 aromatic carbocycles. The molecule has 6 heteroatoms. The van der Waals surface area contributed by atoms with Crippen LogP contribution in [0.15, 0.2) is 22.7 Å². The molecule has 0 aliphatic rings. The maximum atomic E-state index is 13.8. The zero-order valence-corrected chi connectivity index (χ0v) is 12.8. The van der Waals surface area contributed by atoms with Crippen LogP contribution in [0, 0.1) is 5.82 Å². The molecular formula is C12H17BrFNO2S. The lowest BCUT2D eigenvalue weighted by Gasteiger charge is -2.18. The summed E-state index contributed by atoms with van der Waals surface area (Å²) >= 11 is 3.32. The third-order valence-corrected chi connectivity index (χ3v) is 4.43. The summed E-state index contributed by atoms with van der Waals surface area (Å²) in [5.74, 6) is -0.167. The quantitative estimate of drug-likeness (QED) is 0.867. The van der Waals surface area contributed by atoms with Gasteiger partial charge in [-0.05, 0) is 32.0 Å². The van der Waals surface area contributed by atoms with Crippen molar-refractivity contribution < 1.29 is 12.8 Å². The molecule has 0 amide bonds. The van der Waals surface area contributed by atoms with Crippen molar-refractivity contribution in [3.63, 3.8) is 0 Å². The lowest BCUT2D eigenvalue weighted by molar-refractivity contribution is 0.500. The minimum atomic E-state index is -2.96. The Kier molecular flexibility index (Phi) is 5.75. The van der Waals surface area contributed by atoms with Crippen LogP contribution in [0.5, 0.6) is 0 Å². The molecule has 0 spiro atoms. The van der Waals surface area contributed by atoms with Gasteiger partial charge in [-0.3, -0.25) is 0 Å². The maximum absolute atomic E-state index is 13.8. The van der Waals surface area contributed by atoms with Gasteiger partial charge in [0.15, 0.2) is 0 Å². The van der Waals surface area contributed by atoms with E-state index < -0.39 is 9.84 Å². The molecule has 0 fully saturated rings. The molecule has 1 N–H and O–H groups in total. The van der Waals surface area contributed by atoms with Gasteiger partial charge in [0, 0.05) is 28.1 Å². The first-order valence-electron chi connectivity index (χ1n) is 5.64. The lowest BCUT2D eigenvalue weighted by Crippen LogP contribution is -2.19. The average molecular weight is 338 g/mol. The highest BCUT2D eigenvalue weighted by Gasteiger charge is 2.17. The van der Waals surface area contributed by atoms with E-state index in [1.165, 1.54) is 12.3 Å². The van der Waals surface area contributed by atoms with Crippen LogP contribution in [0.4, 0.5) is 4.39 Å². The normalized spacial score (nSPS) is 13.6. The summed E-state index contributed by atoms with van der Waals surface area (Å²) in [5.41, 5.74) is 0.550. The molecule has 0 saturated carbocycles. The van der Waals surface area contributed by atoms with Crippen LogP contribution in [0.3, 0.4) is 0 Å². The van der Waals surface area contributed by atoms with E-state index in [4.69, 9.17) is 0 Å². The fourth-order valence-corrected chi connectivity index (χ4v) is 3.14. The van der Waals surface area contributed by atoms with Crippen molar-refractivity contribution in [2.24, 2.45) is 0 Å². The van der Waals surface area contributed by atoms with E-state index in [0.717, 1.165) is 0 Å². The van der Waals surface area contributed by atoms with Crippen molar-refractivity contribution >= 4 is 25.8 Å². The molecule has 0 saturated heterocycles. The molecule has 3 nitrogen and oxygen atoms in total. The Balaban J connectivity index is 2.78. The summed E-state index contributed by atoms with van der Waals surface area (Å²) in [6, 6.07) is 4.62. The van der Waals surface area contributed by atoms with Crippen molar-refractivity contribution in [1.82, 2.24) is 5.32 Å². The monoisotopic (exact) mass is 337 g/mol. The van der Waals surface area contributed by atoms with Gasteiger partial charge < -0.3 is 5.32 Å². The van der Waals surface area contributed by atoms with Crippen molar-refractivity contribution in [1.29, 1.82) is 0 Å². The number of hydrogen-bond donors (Lipinski definition) is 1. The lowest BCUT2D eigenvalue weighted by atomic mass is 10.0. The zero-order chi connectivity index (χ0) is 13.8. The molecule has 1 rings (SSSR count). The molecule has 1 aromatic rings. The Morgan fingerprint density at radius 2 is 2.11 bits per heavy atom. The van der Waals surface area contributed by atoms with Crippen molar-refractivity contribution in [2.45, 2.75) is 18.9 Å². The van der Waals surface area contributed by atoms with Gasteiger partial charge in [0.25, 0.3) is 0 Å². The SMILES string of the molecule is CNC(CCCS(C)(=O)=O)c1c(F)cccc1Br. The molecule has 102 valence electrons. The predicted molar refractivity (Wildman–Crippen MR) is 74.8 cm³/mol. The number of sulfone groups is 1. The van der Waals surface area contributed by atoms with Crippen molar-refractivity contribution in [3.05, 3.63) is 34.1 Å². The second-order valence-electron chi connectivity index (χ2n) is 4.25. The van der Waals surface area contributed by atoms with Crippen LogP contribution in [-0.2, 0) is 9.84 Å². The molecule has 1 unspecified atom stereocenters. The number of halogens is 2. The molecule has 0 radical (unpaired) electrons. The zero-order valence-electron chi connectivity index (χ0n) is 10.4. The standard InChI is InChI=1S/C12H17BrFNO2S/c1-15-11(7-4-8-18(2,16)17)12-9(13)5-3-6-10(12)14/h3,5-6,11,15H,4,7-8H2,1-2H3. The van der Waals surface area contributed by atoms with Gasteiger partial charge in [0.2, 0.25) is 0 Å². The van der Waals surface area contributed by atoms with E-state index in [0.29, 0.717) is 22.9 Å². The summed E-state index contributed by atoms with van der Waals surface area (Å²) in [6.45, 7) is 0. The largest absolute Gasteiger partial charge is 0.313 e. The molecule has 18 heavy (non-hydrogen) atoms. The van der Waals surface area contributed by atoms with Gasteiger partial charge in [-0.1, -0.05) is 22.0 Å². The van der Waals surface area contributed by atoms with Gasteiger partial charge in [-0.25, -0.2) is 12.8 Å². The highest BCUT2D eigenvalue weighted by Crippen LogP contribution is 2.28. The molecular weight excluding hydrogens is 321 g/mol. The predicted octanol–water partition coefficient (Wildman–Crippen LogP) is 2.67. The van der Waals surface area contributed by atoms with Crippen LogP contribution in [-0.4, -0.2) is 27.5 Å². The second kappa shape index (κ2) is 6.63. The Morgan fingerprint density at radius 3 is 2.61 bits per heavy atom. The minimum Gasteiger partial charge on any atom is -0.313 e. The van der Waals surface area contributed by atoms with E-state index >= 15 is 0 Å². The van der Waals surface area contributed by atoms with E-state index in [-0.39, 0.29) is 17.6 Å². The summed E-state index contributed by atoms with van der Waals surface area (Å²) < 4.78 is 36.6. The van der Waals surface area contributed by atoms with E-state index in [2.05, 4.69) is 21.2 Å². The Morgan fingerprint density at radius 1 is 1.44 bits per heavy atom. The topological polar surface area (TPSA) is 46.2 Å². The highest BCUT2D eigenvalue weighted by atomic mass is 79.9. The van der Waals surface area contributed by atoms with Gasteiger partial charge >= 0.3 is 0 Å². The Hall–Kier alpha value is -0.460. The smallest absolute Gasteiger partial charge is 0.147 e. The molecule has 0 bridgehead atoms. The first-order valence-corrected chi connectivity index (χ1v) is 8.49. The number of hydrogen-bond acceptors (Lipinski definition) is 3. The Bertz CT molecular complexity index is 485. The average Bonchev–Trinajstić information content (AvgIpc) is 2.25. The molecule has 0 aliphatic heterocycles. The summed E-state index contributed by atoms with van der Waals surface area (Å²) in [6.07, 6.45) is 2.29. The number of nitrogens with one attached hydrogen (secondary N) is 1.